The van der Waals surface area contributed by atoms with Gasteiger partial charge in [-0.3, -0.25) is 0 Å². The van der Waals surface area contributed by atoms with Crippen molar-refractivity contribution >= 4 is 29.9 Å². The fraction of sp³-hybridized carbons (Fsp3) is 0.500. The molecule has 2 heterocycles. The Morgan fingerprint density at radius 2 is 2.15 bits per heavy atom. The van der Waals surface area contributed by atoms with Gasteiger partial charge in [0, 0.05) is 32.0 Å². The highest BCUT2D eigenvalue weighted by Gasteiger charge is 2.28. The van der Waals surface area contributed by atoms with Crippen LogP contribution < -0.4 is 10.1 Å². The van der Waals surface area contributed by atoms with E-state index < -0.39 is 0 Å². The fourth-order valence-electron chi connectivity index (χ4n) is 3.35. The highest BCUT2D eigenvalue weighted by atomic mass is 127. The van der Waals surface area contributed by atoms with Crippen LogP contribution in [0.5, 0.6) is 5.75 Å². The number of hydrogen-bond donors (Lipinski definition) is 1. The van der Waals surface area contributed by atoms with Gasteiger partial charge >= 0.3 is 0 Å². The largest absolute Gasteiger partial charge is 0.492 e. The lowest BCUT2D eigenvalue weighted by Gasteiger charge is -2.39. The summed E-state index contributed by atoms with van der Waals surface area (Å²) >= 11 is 0. The van der Waals surface area contributed by atoms with Gasteiger partial charge in [-0.15, -0.1) is 24.0 Å². The summed E-state index contributed by atoms with van der Waals surface area (Å²) in [5.41, 5.74) is 0. The molecule has 1 saturated heterocycles. The van der Waals surface area contributed by atoms with Gasteiger partial charge in [0.1, 0.15) is 12.4 Å². The topological polar surface area (TPSA) is 54.7 Å². The number of hydrogen-bond acceptors (Lipinski definition) is 3. The second kappa shape index (κ2) is 11.2. The summed E-state index contributed by atoms with van der Waals surface area (Å²) in [4.78, 5) is 11.3. The van der Waals surface area contributed by atoms with Crippen molar-refractivity contribution in [1.29, 1.82) is 0 Å². The molecule has 2 atom stereocenters. The summed E-state index contributed by atoms with van der Waals surface area (Å²) in [6.07, 6.45) is 6.98. The first-order valence-corrected chi connectivity index (χ1v) is 9.46. The van der Waals surface area contributed by atoms with E-state index in [9.17, 15) is 0 Å². The Hall–Kier alpha value is -1.77. The van der Waals surface area contributed by atoms with Crippen LogP contribution in [0.3, 0.4) is 0 Å². The summed E-state index contributed by atoms with van der Waals surface area (Å²) in [5.74, 6) is 2.49. The lowest BCUT2D eigenvalue weighted by Crippen LogP contribution is -2.49. The van der Waals surface area contributed by atoms with Gasteiger partial charge in [0.15, 0.2) is 5.96 Å². The summed E-state index contributed by atoms with van der Waals surface area (Å²) in [6, 6.07) is 10.3. The molecule has 0 spiro atoms. The predicted molar refractivity (Wildman–Crippen MR) is 120 cm³/mol. The van der Waals surface area contributed by atoms with E-state index in [0.717, 1.165) is 37.8 Å². The first-order valence-electron chi connectivity index (χ1n) is 9.46. The number of imidazole rings is 1. The number of rotatable bonds is 6. The first kappa shape index (κ1) is 21.5. The maximum Gasteiger partial charge on any atom is 0.194 e. The molecule has 0 aliphatic carbocycles. The van der Waals surface area contributed by atoms with Gasteiger partial charge in [0.05, 0.1) is 18.9 Å². The minimum Gasteiger partial charge on any atom is -0.492 e. The second-order valence-corrected chi connectivity index (χ2v) is 6.69. The van der Waals surface area contributed by atoms with E-state index in [1.54, 1.807) is 0 Å². The van der Waals surface area contributed by atoms with E-state index in [1.807, 2.05) is 42.9 Å². The van der Waals surface area contributed by atoms with Crippen LogP contribution >= 0.6 is 24.0 Å². The summed E-state index contributed by atoms with van der Waals surface area (Å²) < 4.78 is 7.97. The molecule has 0 amide bonds. The number of halogens is 1. The molecular weight excluding hydrogens is 453 g/mol. The van der Waals surface area contributed by atoms with Crippen molar-refractivity contribution in [2.24, 2.45) is 10.9 Å². The molecule has 1 aromatic carbocycles. The van der Waals surface area contributed by atoms with Gasteiger partial charge in [-0.1, -0.05) is 25.1 Å². The molecule has 0 saturated carbocycles. The molecule has 1 aliphatic rings. The highest BCUT2D eigenvalue weighted by molar-refractivity contribution is 14.0. The Bertz CT molecular complexity index is 677. The van der Waals surface area contributed by atoms with E-state index in [-0.39, 0.29) is 24.0 Å². The molecule has 3 rings (SSSR count). The lowest BCUT2D eigenvalue weighted by atomic mass is 9.93. The molecule has 0 bridgehead atoms. The molecule has 2 unspecified atom stereocenters. The normalized spacial score (nSPS) is 20.1. The number of para-hydroxylation sites is 1. The molecule has 2 aromatic rings. The third-order valence-corrected chi connectivity index (χ3v) is 4.83. The number of ether oxygens (including phenoxy) is 1. The zero-order chi connectivity index (χ0) is 18.2. The molecule has 1 aliphatic heterocycles. The Morgan fingerprint density at radius 3 is 2.85 bits per heavy atom. The summed E-state index contributed by atoms with van der Waals surface area (Å²) in [6.45, 7) is 8.48. The third-order valence-electron chi connectivity index (χ3n) is 4.83. The van der Waals surface area contributed by atoms with Gasteiger partial charge in [0.2, 0.25) is 0 Å². The number of nitrogens with zero attached hydrogens (tertiary/aromatic N) is 4. The molecule has 148 valence electrons. The third kappa shape index (κ3) is 6.12. The number of aromatic nitrogens is 2. The van der Waals surface area contributed by atoms with Crippen molar-refractivity contribution in [1.82, 2.24) is 19.8 Å². The van der Waals surface area contributed by atoms with E-state index >= 15 is 0 Å². The number of nitrogens with one attached hydrogen (secondary N) is 1. The quantitative estimate of drug-likeness (QED) is 0.296. The average molecular weight is 483 g/mol. The van der Waals surface area contributed by atoms with Gasteiger partial charge in [-0.2, -0.15) is 0 Å². The Labute approximate surface area is 179 Å². The van der Waals surface area contributed by atoms with Crippen LogP contribution in [-0.4, -0.2) is 53.2 Å². The number of piperidine rings is 1. The van der Waals surface area contributed by atoms with Crippen LogP contribution in [0.25, 0.3) is 0 Å². The van der Waals surface area contributed by atoms with Crippen LogP contribution in [0.2, 0.25) is 0 Å². The van der Waals surface area contributed by atoms with Gasteiger partial charge in [-0.05, 0) is 31.4 Å². The molecule has 6 nitrogen and oxygen atoms in total. The molecular formula is C20H30IN5O. The standard InChI is InChI=1S/C20H29N5O.HI/c1-3-22-20(23-11-14-26-18-7-5-4-6-8-18)24-12-9-17(2)19(15-24)25-13-10-21-16-25;/h4-8,10,13,16-17,19H,3,9,11-12,14-15H2,1-2H3,(H,22,23);1H. The minimum atomic E-state index is 0. The monoisotopic (exact) mass is 483 g/mol. The van der Waals surface area contributed by atoms with Crippen LogP contribution in [-0.2, 0) is 0 Å². The zero-order valence-electron chi connectivity index (χ0n) is 16.1. The number of likely N-dealkylation sites (tertiary alicyclic amines) is 1. The van der Waals surface area contributed by atoms with E-state index in [2.05, 4.69) is 39.8 Å². The number of guanidine groups is 1. The van der Waals surface area contributed by atoms with Gasteiger partial charge in [-0.25, -0.2) is 9.98 Å². The fourth-order valence-corrected chi connectivity index (χ4v) is 3.35. The van der Waals surface area contributed by atoms with E-state index in [1.165, 1.54) is 0 Å². The van der Waals surface area contributed by atoms with Gasteiger partial charge in [0.25, 0.3) is 0 Å². The molecule has 27 heavy (non-hydrogen) atoms. The van der Waals surface area contributed by atoms with Crippen molar-refractivity contribution in [3.8, 4) is 5.75 Å². The second-order valence-electron chi connectivity index (χ2n) is 6.69. The average Bonchev–Trinajstić information content (AvgIpc) is 3.20. The van der Waals surface area contributed by atoms with E-state index in [4.69, 9.17) is 9.73 Å². The molecule has 1 N–H and O–H groups in total. The van der Waals surface area contributed by atoms with Gasteiger partial charge < -0.3 is 19.5 Å². The highest BCUT2D eigenvalue weighted by Crippen LogP contribution is 2.27. The van der Waals surface area contributed by atoms with Crippen LogP contribution in [0, 0.1) is 5.92 Å². The van der Waals surface area contributed by atoms with Crippen molar-refractivity contribution in [2.75, 3.05) is 32.8 Å². The van der Waals surface area contributed by atoms with Crippen molar-refractivity contribution < 1.29 is 4.74 Å². The SMILES string of the molecule is CCNC(=NCCOc1ccccc1)N1CCC(C)C(n2ccnc2)C1.I. The Kier molecular flexibility index (Phi) is 8.90. The minimum absolute atomic E-state index is 0. The first-order chi connectivity index (χ1) is 12.8. The summed E-state index contributed by atoms with van der Waals surface area (Å²) in [7, 11) is 0. The molecule has 1 fully saturated rings. The number of aliphatic imine (C=N–C) groups is 1. The van der Waals surface area contributed by atoms with Crippen LogP contribution in [0.4, 0.5) is 0 Å². The maximum atomic E-state index is 5.75. The lowest BCUT2D eigenvalue weighted by molar-refractivity contribution is 0.188. The molecule has 1 aromatic heterocycles. The molecule has 0 radical (unpaired) electrons. The molecule has 7 heteroatoms. The van der Waals surface area contributed by atoms with Crippen molar-refractivity contribution in [2.45, 2.75) is 26.3 Å². The van der Waals surface area contributed by atoms with Crippen LogP contribution in [0.1, 0.15) is 26.3 Å². The Morgan fingerprint density at radius 1 is 1.33 bits per heavy atom. The Balaban J connectivity index is 0.00000261. The van der Waals surface area contributed by atoms with Crippen molar-refractivity contribution in [3.63, 3.8) is 0 Å². The zero-order valence-corrected chi connectivity index (χ0v) is 18.5. The summed E-state index contributed by atoms with van der Waals surface area (Å²) in [5, 5.41) is 3.43. The number of benzene rings is 1. The predicted octanol–water partition coefficient (Wildman–Crippen LogP) is 3.43. The van der Waals surface area contributed by atoms with Crippen molar-refractivity contribution in [3.05, 3.63) is 49.1 Å². The maximum absolute atomic E-state index is 5.75. The van der Waals surface area contributed by atoms with E-state index in [0.29, 0.717) is 25.1 Å². The van der Waals surface area contributed by atoms with Crippen LogP contribution in [0.15, 0.2) is 54.0 Å². The smallest absolute Gasteiger partial charge is 0.194 e.